The molecule has 3 nitrogen and oxygen atoms in total. The van der Waals surface area contributed by atoms with Gasteiger partial charge in [-0.3, -0.25) is 0 Å². The molecule has 2 heterocycles. The normalized spacial score (nSPS) is 12.4. The van der Waals surface area contributed by atoms with Crippen molar-refractivity contribution in [3.8, 4) is 5.75 Å². The molecule has 0 fully saturated rings. The van der Waals surface area contributed by atoms with E-state index in [9.17, 15) is 5.11 Å². The van der Waals surface area contributed by atoms with Gasteiger partial charge in [0.25, 0.3) is 0 Å². The SMILES string of the molecule is Cc1nc2c(cc(OCC(C)(C)O)c3ccsc32)s1. The third-order valence-electron chi connectivity index (χ3n) is 2.75. The number of ether oxygens (including phenoxy) is 1. The van der Waals surface area contributed by atoms with Crippen molar-refractivity contribution in [3.63, 3.8) is 0 Å². The zero-order valence-corrected chi connectivity index (χ0v) is 12.7. The second-order valence-corrected chi connectivity index (χ2v) is 7.37. The van der Waals surface area contributed by atoms with Crippen LogP contribution in [0.5, 0.6) is 5.75 Å². The molecule has 0 aliphatic carbocycles. The maximum atomic E-state index is 9.79. The molecule has 1 aromatic carbocycles. The van der Waals surface area contributed by atoms with Gasteiger partial charge in [0.15, 0.2) is 0 Å². The van der Waals surface area contributed by atoms with E-state index in [1.165, 1.54) is 0 Å². The molecule has 0 aliphatic heterocycles. The first-order valence-electron chi connectivity index (χ1n) is 6.06. The molecule has 1 N–H and O–H groups in total. The lowest BCUT2D eigenvalue weighted by Crippen LogP contribution is -2.27. The molecule has 0 radical (unpaired) electrons. The first kappa shape index (κ1) is 12.8. The summed E-state index contributed by atoms with van der Waals surface area (Å²) >= 11 is 3.35. The predicted molar refractivity (Wildman–Crippen MR) is 81.5 cm³/mol. The number of aliphatic hydroxyl groups is 1. The highest BCUT2D eigenvalue weighted by Crippen LogP contribution is 2.38. The number of hydrogen-bond acceptors (Lipinski definition) is 5. The maximum Gasteiger partial charge on any atom is 0.129 e. The third kappa shape index (κ3) is 2.45. The molecular formula is C14H15NO2S2. The Hall–Kier alpha value is -1.17. The van der Waals surface area contributed by atoms with E-state index in [1.807, 2.05) is 19.1 Å². The molecule has 0 aliphatic rings. The summed E-state index contributed by atoms with van der Waals surface area (Å²) in [7, 11) is 0. The Kier molecular flexibility index (Phi) is 3.00. The summed E-state index contributed by atoms with van der Waals surface area (Å²) in [5.41, 5.74) is 0.226. The van der Waals surface area contributed by atoms with Crippen LogP contribution < -0.4 is 4.74 Å². The van der Waals surface area contributed by atoms with E-state index in [-0.39, 0.29) is 6.61 Å². The number of aromatic nitrogens is 1. The van der Waals surface area contributed by atoms with Crippen molar-refractivity contribution in [2.75, 3.05) is 6.61 Å². The van der Waals surface area contributed by atoms with Crippen molar-refractivity contribution in [3.05, 3.63) is 22.5 Å². The van der Waals surface area contributed by atoms with Gasteiger partial charge in [0.2, 0.25) is 0 Å². The molecule has 0 spiro atoms. The van der Waals surface area contributed by atoms with Crippen LogP contribution in [0.3, 0.4) is 0 Å². The molecule has 0 amide bonds. The summed E-state index contributed by atoms with van der Waals surface area (Å²) in [4.78, 5) is 4.59. The van der Waals surface area contributed by atoms with Crippen LogP contribution >= 0.6 is 22.7 Å². The number of fused-ring (bicyclic) bond motifs is 3. The van der Waals surface area contributed by atoms with Crippen molar-refractivity contribution in [2.24, 2.45) is 0 Å². The van der Waals surface area contributed by atoms with E-state index in [2.05, 4.69) is 10.4 Å². The Labute approximate surface area is 119 Å². The highest BCUT2D eigenvalue weighted by Gasteiger charge is 2.17. The molecule has 3 aromatic rings. The van der Waals surface area contributed by atoms with Crippen LogP contribution in [0.1, 0.15) is 18.9 Å². The Morgan fingerprint density at radius 1 is 1.42 bits per heavy atom. The molecule has 0 saturated heterocycles. The summed E-state index contributed by atoms with van der Waals surface area (Å²) in [6, 6.07) is 4.08. The Morgan fingerprint density at radius 2 is 2.21 bits per heavy atom. The van der Waals surface area contributed by atoms with Crippen LogP contribution in [0.25, 0.3) is 20.3 Å². The van der Waals surface area contributed by atoms with Crippen molar-refractivity contribution in [1.29, 1.82) is 0 Å². The molecule has 100 valence electrons. The van der Waals surface area contributed by atoms with Crippen molar-refractivity contribution >= 4 is 43.0 Å². The van der Waals surface area contributed by atoms with E-state index >= 15 is 0 Å². The molecule has 2 aromatic heterocycles. The number of nitrogens with zero attached hydrogens (tertiary/aromatic N) is 1. The third-order valence-corrected chi connectivity index (χ3v) is 4.59. The molecule has 0 unspecified atom stereocenters. The van der Waals surface area contributed by atoms with Gasteiger partial charge in [0, 0.05) is 11.5 Å². The Balaban J connectivity index is 2.13. The number of hydrogen-bond donors (Lipinski definition) is 1. The minimum atomic E-state index is -0.832. The predicted octanol–water partition coefficient (Wildman–Crippen LogP) is 3.97. The second kappa shape index (κ2) is 4.44. The fourth-order valence-electron chi connectivity index (χ4n) is 1.96. The van der Waals surface area contributed by atoms with Crippen LogP contribution in [0.15, 0.2) is 17.5 Å². The van der Waals surface area contributed by atoms with E-state index in [1.54, 1.807) is 36.5 Å². The van der Waals surface area contributed by atoms with Crippen LogP contribution in [-0.4, -0.2) is 22.3 Å². The van der Waals surface area contributed by atoms with E-state index in [4.69, 9.17) is 4.74 Å². The molecule has 19 heavy (non-hydrogen) atoms. The van der Waals surface area contributed by atoms with E-state index in [0.29, 0.717) is 0 Å². The van der Waals surface area contributed by atoms with E-state index in [0.717, 1.165) is 31.1 Å². The molecular weight excluding hydrogens is 278 g/mol. The van der Waals surface area contributed by atoms with Crippen LogP contribution in [0.2, 0.25) is 0 Å². The lowest BCUT2D eigenvalue weighted by Gasteiger charge is -2.18. The number of thiazole rings is 1. The monoisotopic (exact) mass is 293 g/mol. The van der Waals surface area contributed by atoms with Gasteiger partial charge in [0.05, 0.1) is 25.5 Å². The first-order chi connectivity index (χ1) is 8.94. The fraction of sp³-hybridized carbons (Fsp3) is 0.357. The van der Waals surface area contributed by atoms with Crippen molar-refractivity contribution < 1.29 is 9.84 Å². The average molecular weight is 293 g/mol. The van der Waals surface area contributed by atoms with Gasteiger partial charge in [-0.1, -0.05) is 0 Å². The van der Waals surface area contributed by atoms with Crippen LogP contribution in [0, 0.1) is 6.92 Å². The molecule has 0 atom stereocenters. The smallest absolute Gasteiger partial charge is 0.129 e. The minimum Gasteiger partial charge on any atom is -0.490 e. The van der Waals surface area contributed by atoms with Gasteiger partial charge < -0.3 is 9.84 Å². The number of benzene rings is 1. The number of rotatable bonds is 3. The van der Waals surface area contributed by atoms with Gasteiger partial charge in [-0.05, 0) is 32.2 Å². The molecule has 5 heteroatoms. The van der Waals surface area contributed by atoms with Crippen molar-refractivity contribution in [2.45, 2.75) is 26.4 Å². The summed E-state index contributed by atoms with van der Waals surface area (Å²) in [6.45, 7) is 5.78. The molecule has 0 bridgehead atoms. The quantitative estimate of drug-likeness (QED) is 0.794. The first-order valence-corrected chi connectivity index (χ1v) is 7.76. The highest BCUT2D eigenvalue weighted by molar-refractivity contribution is 7.21. The van der Waals surface area contributed by atoms with Gasteiger partial charge in [-0.25, -0.2) is 4.98 Å². The van der Waals surface area contributed by atoms with Gasteiger partial charge in [-0.2, -0.15) is 0 Å². The minimum absolute atomic E-state index is 0.279. The van der Waals surface area contributed by atoms with E-state index < -0.39 is 5.60 Å². The fourth-order valence-corrected chi connectivity index (χ4v) is 3.79. The largest absolute Gasteiger partial charge is 0.490 e. The lowest BCUT2D eigenvalue weighted by molar-refractivity contribution is 0.0291. The summed E-state index contributed by atoms with van der Waals surface area (Å²) in [5, 5.41) is 14.0. The van der Waals surface area contributed by atoms with Crippen LogP contribution in [0.4, 0.5) is 0 Å². The van der Waals surface area contributed by atoms with Crippen molar-refractivity contribution in [1.82, 2.24) is 4.98 Å². The van der Waals surface area contributed by atoms with Gasteiger partial charge in [-0.15, -0.1) is 22.7 Å². The lowest BCUT2D eigenvalue weighted by atomic mass is 10.1. The van der Waals surface area contributed by atoms with Gasteiger partial charge in [0.1, 0.15) is 12.4 Å². The summed E-state index contributed by atoms with van der Waals surface area (Å²) in [5.74, 6) is 0.828. The molecule has 0 saturated carbocycles. The molecule has 3 rings (SSSR count). The Morgan fingerprint density at radius 3 is 2.95 bits per heavy atom. The zero-order valence-electron chi connectivity index (χ0n) is 11.1. The maximum absolute atomic E-state index is 9.79. The summed E-state index contributed by atoms with van der Waals surface area (Å²) < 4.78 is 8.09. The highest BCUT2D eigenvalue weighted by atomic mass is 32.1. The number of thiophene rings is 1. The standard InChI is InChI=1S/C14H15NO2S2/c1-8-15-12-11(19-8)6-10(17-7-14(2,3)16)9-4-5-18-13(9)12/h4-6,16H,7H2,1-3H3. The average Bonchev–Trinajstić information content (AvgIpc) is 2.89. The van der Waals surface area contributed by atoms with Gasteiger partial charge >= 0.3 is 0 Å². The number of aryl methyl sites for hydroxylation is 1. The van der Waals surface area contributed by atoms with Crippen LogP contribution in [-0.2, 0) is 0 Å². The summed E-state index contributed by atoms with van der Waals surface area (Å²) in [6.07, 6.45) is 0. The Bertz CT molecular complexity index is 737. The second-order valence-electron chi connectivity index (χ2n) is 5.22. The zero-order chi connectivity index (χ0) is 13.6. The topological polar surface area (TPSA) is 42.4 Å².